The van der Waals surface area contributed by atoms with Gasteiger partial charge in [-0.2, -0.15) is 0 Å². The van der Waals surface area contributed by atoms with Gasteiger partial charge in [0.25, 0.3) is 0 Å². The molecule has 1 aromatic rings. The molecule has 1 aromatic heterocycles. The van der Waals surface area contributed by atoms with Crippen molar-refractivity contribution in [3.63, 3.8) is 0 Å². The van der Waals surface area contributed by atoms with E-state index in [1.807, 2.05) is 12.3 Å². The van der Waals surface area contributed by atoms with Gasteiger partial charge in [0.15, 0.2) is 5.96 Å². The number of nitrogens with one attached hydrogen (secondary N) is 2. The van der Waals surface area contributed by atoms with Crippen LogP contribution in [0.15, 0.2) is 23.3 Å². The lowest BCUT2D eigenvalue weighted by atomic mass is 9.96. The zero-order valence-electron chi connectivity index (χ0n) is 19.7. The average Bonchev–Trinajstić information content (AvgIpc) is 2.76. The van der Waals surface area contributed by atoms with Crippen molar-refractivity contribution in [2.24, 2.45) is 22.6 Å². The minimum atomic E-state index is -0.188. The van der Waals surface area contributed by atoms with Crippen LogP contribution in [0.1, 0.15) is 71.3 Å². The molecule has 0 aromatic carbocycles. The van der Waals surface area contributed by atoms with Gasteiger partial charge in [0.05, 0.1) is 6.54 Å². The van der Waals surface area contributed by atoms with E-state index in [2.05, 4.69) is 47.4 Å². The fourth-order valence-corrected chi connectivity index (χ4v) is 3.96. The van der Waals surface area contributed by atoms with E-state index in [0.717, 1.165) is 68.7 Å². The molecule has 0 bridgehead atoms. The standard InChI is InChI=1S/C24H42N6O/c1-4-26-24(28-14-8-6-5-7-10-19(2)3)29-18-21-11-9-15-27-23(21)30-16-12-20(13-17-30)22(25)31/h9,11,15,19-20H,4-8,10,12-14,16-18H2,1-3H3,(H2,25,31)(H2,26,28,29). The first kappa shape index (κ1) is 25.0. The molecule has 1 aliphatic heterocycles. The molecule has 1 saturated heterocycles. The van der Waals surface area contributed by atoms with Crippen LogP contribution < -0.4 is 21.3 Å². The van der Waals surface area contributed by atoms with E-state index < -0.39 is 0 Å². The van der Waals surface area contributed by atoms with Gasteiger partial charge in [-0.3, -0.25) is 4.79 Å². The lowest BCUT2D eigenvalue weighted by molar-refractivity contribution is -0.122. The second-order valence-corrected chi connectivity index (χ2v) is 8.87. The Morgan fingerprint density at radius 2 is 1.97 bits per heavy atom. The third-order valence-corrected chi connectivity index (χ3v) is 5.82. The van der Waals surface area contributed by atoms with Gasteiger partial charge in [-0.15, -0.1) is 0 Å². The predicted molar refractivity (Wildman–Crippen MR) is 129 cm³/mol. The summed E-state index contributed by atoms with van der Waals surface area (Å²) in [6, 6.07) is 4.05. The minimum absolute atomic E-state index is 0.0173. The number of nitrogens with two attached hydrogens (primary N) is 1. The number of anilines is 1. The Morgan fingerprint density at radius 3 is 2.65 bits per heavy atom. The molecule has 0 radical (unpaired) electrons. The molecule has 31 heavy (non-hydrogen) atoms. The molecule has 1 amide bonds. The second-order valence-electron chi connectivity index (χ2n) is 8.87. The van der Waals surface area contributed by atoms with Crippen LogP contribution in [0.25, 0.3) is 0 Å². The van der Waals surface area contributed by atoms with Gasteiger partial charge in [-0.1, -0.05) is 45.6 Å². The number of nitrogens with zero attached hydrogens (tertiary/aromatic N) is 3. The lowest BCUT2D eigenvalue weighted by Crippen LogP contribution is -2.39. The van der Waals surface area contributed by atoms with Gasteiger partial charge in [0.1, 0.15) is 5.82 Å². The summed E-state index contributed by atoms with van der Waals surface area (Å²) in [5.41, 5.74) is 6.57. The highest BCUT2D eigenvalue weighted by atomic mass is 16.1. The summed E-state index contributed by atoms with van der Waals surface area (Å²) < 4.78 is 0. The molecule has 0 unspecified atom stereocenters. The van der Waals surface area contributed by atoms with Gasteiger partial charge in [-0.25, -0.2) is 9.98 Å². The van der Waals surface area contributed by atoms with Crippen molar-refractivity contribution in [1.82, 2.24) is 15.6 Å². The third kappa shape index (κ3) is 9.15. The Morgan fingerprint density at radius 1 is 1.23 bits per heavy atom. The maximum absolute atomic E-state index is 11.4. The Bertz CT molecular complexity index is 682. The smallest absolute Gasteiger partial charge is 0.220 e. The molecule has 2 rings (SSSR count). The Hall–Kier alpha value is -2.31. The molecule has 7 nitrogen and oxygen atoms in total. The van der Waals surface area contributed by atoms with Crippen molar-refractivity contribution in [3.05, 3.63) is 23.9 Å². The van der Waals surface area contributed by atoms with Gasteiger partial charge in [0.2, 0.25) is 5.91 Å². The first-order chi connectivity index (χ1) is 15.0. The van der Waals surface area contributed by atoms with Crippen LogP contribution in [0.3, 0.4) is 0 Å². The SMILES string of the molecule is CCNC(=NCc1cccnc1N1CCC(C(N)=O)CC1)NCCCCCCC(C)C. The monoisotopic (exact) mass is 430 g/mol. The van der Waals surface area contributed by atoms with Crippen LogP contribution in [-0.2, 0) is 11.3 Å². The molecule has 1 fully saturated rings. The van der Waals surface area contributed by atoms with Crippen molar-refractivity contribution in [1.29, 1.82) is 0 Å². The molecule has 1 aliphatic rings. The van der Waals surface area contributed by atoms with Gasteiger partial charge >= 0.3 is 0 Å². The molecule has 0 saturated carbocycles. The molecule has 4 N–H and O–H groups in total. The van der Waals surface area contributed by atoms with Crippen LogP contribution >= 0.6 is 0 Å². The van der Waals surface area contributed by atoms with Crippen molar-refractivity contribution in [2.45, 2.75) is 72.3 Å². The molecule has 2 heterocycles. The molecule has 7 heteroatoms. The highest BCUT2D eigenvalue weighted by molar-refractivity contribution is 5.79. The number of guanidine groups is 1. The highest BCUT2D eigenvalue weighted by Crippen LogP contribution is 2.24. The second kappa shape index (κ2) is 13.9. The van der Waals surface area contributed by atoms with E-state index in [9.17, 15) is 4.79 Å². The number of hydrogen-bond acceptors (Lipinski definition) is 4. The lowest BCUT2D eigenvalue weighted by Gasteiger charge is -2.32. The van der Waals surface area contributed by atoms with Crippen LogP contribution in [0.2, 0.25) is 0 Å². The number of aliphatic imine (C=N–C) groups is 1. The van der Waals surface area contributed by atoms with E-state index >= 15 is 0 Å². The highest BCUT2D eigenvalue weighted by Gasteiger charge is 2.24. The summed E-state index contributed by atoms with van der Waals surface area (Å²) in [6.07, 6.45) is 9.77. The Labute approximate surface area is 188 Å². The summed E-state index contributed by atoms with van der Waals surface area (Å²) in [4.78, 5) is 23.1. The molecule has 0 aliphatic carbocycles. The molecular weight excluding hydrogens is 388 g/mol. The normalized spacial score (nSPS) is 15.4. The van der Waals surface area contributed by atoms with Gasteiger partial charge in [0, 0.05) is 43.9 Å². The Balaban J connectivity index is 1.86. The summed E-state index contributed by atoms with van der Waals surface area (Å²) in [5.74, 6) is 2.42. The topological polar surface area (TPSA) is 95.6 Å². The van der Waals surface area contributed by atoms with Crippen molar-refractivity contribution >= 4 is 17.7 Å². The first-order valence-corrected chi connectivity index (χ1v) is 12.0. The van der Waals surface area contributed by atoms with Crippen LogP contribution in [0.4, 0.5) is 5.82 Å². The van der Waals surface area contributed by atoms with Crippen LogP contribution in [-0.4, -0.2) is 43.0 Å². The number of amides is 1. The number of primary amides is 1. The summed E-state index contributed by atoms with van der Waals surface area (Å²) in [6.45, 7) is 10.6. The predicted octanol–water partition coefficient (Wildman–Crippen LogP) is 3.44. The first-order valence-electron chi connectivity index (χ1n) is 12.0. The largest absolute Gasteiger partial charge is 0.369 e. The molecule has 174 valence electrons. The number of carbonyl (C=O) groups is 1. The molecular formula is C24H42N6O. The summed E-state index contributed by atoms with van der Waals surface area (Å²) in [5, 5.41) is 6.80. The van der Waals surface area contributed by atoms with E-state index in [4.69, 9.17) is 10.7 Å². The molecule has 0 spiro atoms. The van der Waals surface area contributed by atoms with Crippen LogP contribution in [0.5, 0.6) is 0 Å². The van der Waals surface area contributed by atoms with E-state index in [1.165, 1.54) is 25.7 Å². The number of aromatic nitrogens is 1. The van der Waals surface area contributed by atoms with Crippen LogP contribution in [0, 0.1) is 11.8 Å². The number of rotatable bonds is 12. The Kier molecular flexibility index (Phi) is 11.2. The average molecular weight is 431 g/mol. The van der Waals surface area contributed by atoms with Crippen molar-refractivity contribution < 1.29 is 4.79 Å². The zero-order valence-corrected chi connectivity index (χ0v) is 19.7. The van der Waals surface area contributed by atoms with Gasteiger partial charge in [-0.05, 0) is 38.2 Å². The fraction of sp³-hybridized carbons (Fsp3) is 0.708. The summed E-state index contributed by atoms with van der Waals surface area (Å²) in [7, 11) is 0. The number of carbonyl (C=O) groups excluding carboxylic acids is 1. The third-order valence-electron chi connectivity index (χ3n) is 5.82. The van der Waals surface area contributed by atoms with E-state index in [1.54, 1.807) is 0 Å². The van der Waals surface area contributed by atoms with Crippen molar-refractivity contribution in [2.75, 3.05) is 31.1 Å². The number of hydrogen-bond donors (Lipinski definition) is 3. The maximum atomic E-state index is 11.4. The summed E-state index contributed by atoms with van der Waals surface area (Å²) >= 11 is 0. The number of piperidine rings is 1. The quantitative estimate of drug-likeness (QED) is 0.268. The van der Waals surface area contributed by atoms with Crippen molar-refractivity contribution in [3.8, 4) is 0 Å². The fourth-order valence-electron chi connectivity index (χ4n) is 3.96. The maximum Gasteiger partial charge on any atom is 0.220 e. The van der Waals surface area contributed by atoms with E-state index in [-0.39, 0.29) is 11.8 Å². The van der Waals surface area contributed by atoms with Gasteiger partial charge < -0.3 is 21.3 Å². The number of unbranched alkanes of at least 4 members (excludes halogenated alkanes) is 3. The minimum Gasteiger partial charge on any atom is -0.369 e. The number of pyridine rings is 1. The molecule has 0 atom stereocenters. The zero-order chi connectivity index (χ0) is 22.5. The van der Waals surface area contributed by atoms with E-state index in [0.29, 0.717) is 6.54 Å².